The van der Waals surface area contributed by atoms with Crippen molar-refractivity contribution in [2.24, 2.45) is 11.8 Å². The Hall–Kier alpha value is -2.77. The molecule has 1 aromatic rings. The van der Waals surface area contributed by atoms with Gasteiger partial charge in [0.05, 0.1) is 25.1 Å². The average molecular weight is 627 g/mol. The minimum absolute atomic E-state index is 0.0165. The van der Waals surface area contributed by atoms with E-state index < -0.39 is 35.8 Å². The van der Waals surface area contributed by atoms with Crippen LogP contribution in [0.25, 0.3) is 0 Å². The van der Waals surface area contributed by atoms with Gasteiger partial charge in [-0.1, -0.05) is 40.5 Å². The summed E-state index contributed by atoms with van der Waals surface area (Å²) in [6.07, 6.45) is 1.86. The fourth-order valence-electron chi connectivity index (χ4n) is 4.75. The number of amides is 1. The number of ether oxygens (including phenoxy) is 4. The Kier molecular flexibility index (Phi) is 14.3. The largest absolute Gasteiger partial charge is 0.514 e. The number of piperidine rings is 1. The summed E-state index contributed by atoms with van der Waals surface area (Å²) in [5.41, 5.74) is -0.622. The number of nitrogens with one attached hydrogen (secondary N) is 2. The van der Waals surface area contributed by atoms with Gasteiger partial charge in [-0.2, -0.15) is 0 Å². The van der Waals surface area contributed by atoms with E-state index in [0.29, 0.717) is 11.4 Å². The maximum absolute atomic E-state index is 13.8. The highest BCUT2D eigenvalue weighted by molar-refractivity contribution is 7.09. The number of likely N-dealkylation sites (N-methyl/N-ethyl adjacent to an activating group) is 1. The molecule has 1 aliphatic heterocycles. The van der Waals surface area contributed by atoms with Crippen LogP contribution in [-0.2, 0) is 28.6 Å². The molecule has 0 aromatic carbocycles. The molecule has 1 saturated heterocycles. The lowest BCUT2D eigenvalue weighted by molar-refractivity contribution is -0.157. The minimum atomic E-state index is -0.920. The molecule has 2 rings (SSSR count). The second-order valence-electron chi connectivity index (χ2n) is 12.4. The molecule has 2 heterocycles. The van der Waals surface area contributed by atoms with Crippen LogP contribution in [0.4, 0.5) is 4.79 Å². The Morgan fingerprint density at radius 2 is 1.86 bits per heavy atom. The van der Waals surface area contributed by atoms with Crippen LogP contribution in [0.2, 0.25) is 0 Å². The zero-order chi connectivity index (χ0) is 32.3. The monoisotopic (exact) mass is 626 g/mol. The van der Waals surface area contributed by atoms with Gasteiger partial charge in [0.15, 0.2) is 6.10 Å². The lowest BCUT2D eigenvalue weighted by atomic mass is 9.96. The van der Waals surface area contributed by atoms with Crippen LogP contribution in [0.5, 0.6) is 5.88 Å². The van der Waals surface area contributed by atoms with Crippen molar-refractivity contribution in [3.05, 3.63) is 10.4 Å². The normalized spacial score (nSPS) is 18.7. The summed E-state index contributed by atoms with van der Waals surface area (Å²) in [4.78, 5) is 57.5. The third kappa shape index (κ3) is 12.0. The second-order valence-corrected chi connectivity index (χ2v) is 13.3. The molecular formula is C30H50N4O8S. The van der Waals surface area contributed by atoms with Crippen LogP contribution in [0.3, 0.4) is 0 Å². The van der Waals surface area contributed by atoms with Gasteiger partial charge >= 0.3 is 18.1 Å². The minimum Gasteiger partial charge on any atom is -0.459 e. The number of aromatic nitrogens is 1. The van der Waals surface area contributed by atoms with Gasteiger partial charge in [-0.05, 0) is 59.0 Å². The molecule has 0 saturated carbocycles. The molecule has 0 spiro atoms. The molecule has 0 radical (unpaired) electrons. The maximum Gasteiger partial charge on any atom is 0.514 e. The number of esters is 2. The highest BCUT2D eigenvalue weighted by Crippen LogP contribution is 2.31. The van der Waals surface area contributed by atoms with Gasteiger partial charge in [-0.25, -0.2) is 14.6 Å². The van der Waals surface area contributed by atoms with Crippen LogP contribution < -0.4 is 15.4 Å². The maximum atomic E-state index is 13.8. The molecule has 244 valence electrons. The first-order chi connectivity index (χ1) is 20.1. The van der Waals surface area contributed by atoms with E-state index in [4.69, 9.17) is 14.2 Å². The van der Waals surface area contributed by atoms with Crippen molar-refractivity contribution in [1.29, 1.82) is 0 Å². The summed E-state index contributed by atoms with van der Waals surface area (Å²) < 4.78 is 21.2. The molecule has 1 fully saturated rings. The molecule has 12 nitrogen and oxygen atoms in total. The zero-order valence-corrected chi connectivity index (χ0v) is 27.9. The van der Waals surface area contributed by atoms with Gasteiger partial charge in [0.2, 0.25) is 11.8 Å². The third-order valence-electron chi connectivity index (χ3n) is 7.43. The van der Waals surface area contributed by atoms with Crippen molar-refractivity contribution < 1.29 is 38.1 Å². The van der Waals surface area contributed by atoms with Crippen LogP contribution in [0, 0.1) is 11.8 Å². The van der Waals surface area contributed by atoms with E-state index in [1.807, 2.05) is 39.6 Å². The van der Waals surface area contributed by atoms with Crippen molar-refractivity contribution in [3.8, 4) is 5.88 Å². The molecule has 13 heteroatoms. The van der Waals surface area contributed by atoms with Gasteiger partial charge in [-0.3, -0.25) is 14.5 Å². The lowest BCUT2D eigenvalue weighted by Crippen LogP contribution is -2.54. The number of hydrogen-bond donors (Lipinski definition) is 2. The number of carbonyl (C=O) groups excluding carboxylic acids is 4. The van der Waals surface area contributed by atoms with Crippen molar-refractivity contribution in [2.75, 3.05) is 27.2 Å². The number of methoxy groups -OCH3 is 1. The fraction of sp³-hybridized carbons (Fsp3) is 0.767. The standard InChI is InChI=1S/C30H50N4O8S/c1-10-19(4)25(33-26(36)21-13-11-12-14-34(21)8)28(37)40-22(27-32-23(17-43-27)41-29(38)39-9)15-20(18(2)3)31-16-24(35)42-30(5,6)7/h17-22,25,31H,10-16H2,1-9H3,(H,33,36). The number of rotatable bonds is 14. The predicted molar refractivity (Wildman–Crippen MR) is 163 cm³/mol. The summed E-state index contributed by atoms with van der Waals surface area (Å²) in [7, 11) is 3.11. The summed E-state index contributed by atoms with van der Waals surface area (Å²) >= 11 is 1.17. The van der Waals surface area contributed by atoms with E-state index in [1.54, 1.807) is 20.8 Å². The Bertz CT molecular complexity index is 1070. The molecule has 5 unspecified atom stereocenters. The van der Waals surface area contributed by atoms with E-state index >= 15 is 0 Å². The molecule has 1 aliphatic rings. The van der Waals surface area contributed by atoms with E-state index in [2.05, 4.69) is 20.4 Å². The average Bonchev–Trinajstić information content (AvgIpc) is 3.39. The molecule has 0 bridgehead atoms. The first kappa shape index (κ1) is 36.4. The molecular weight excluding hydrogens is 576 g/mol. The summed E-state index contributed by atoms with van der Waals surface area (Å²) in [6, 6.07) is -1.44. The number of thiazole rings is 1. The summed E-state index contributed by atoms with van der Waals surface area (Å²) in [5, 5.41) is 8.13. The van der Waals surface area contributed by atoms with E-state index in [0.717, 1.165) is 25.8 Å². The van der Waals surface area contributed by atoms with Gasteiger partial charge in [0, 0.05) is 12.5 Å². The fourth-order valence-corrected chi connectivity index (χ4v) is 5.51. The van der Waals surface area contributed by atoms with Crippen LogP contribution in [0.15, 0.2) is 5.38 Å². The van der Waals surface area contributed by atoms with Crippen molar-refractivity contribution in [2.45, 2.75) is 110 Å². The molecule has 0 aliphatic carbocycles. The van der Waals surface area contributed by atoms with Gasteiger partial charge in [0.1, 0.15) is 16.7 Å². The molecule has 2 N–H and O–H groups in total. The molecule has 5 atom stereocenters. The van der Waals surface area contributed by atoms with Crippen LogP contribution >= 0.6 is 11.3 Å². The predicted octanol–water partition coefficient (Wildman–Crippen LogP) is 4.23. The topological polar surface area (TPSA) is 145 Å². The highest BCUT2D eigenvalue weighted by Gasteiger charge is 2.35. The van der Waals surface area contributed by atoms with Gasteiger partial charge in [0.25, 0.3) is 0 Å². The van der Waals surface area contributed by atoms with Gasteiger partial charge in [-0.15, -0.1) is 11.3 Å². The van der Waals surface area contributed by atoms with E-state index in [9.17, 15) is 19.2 Å². The van der Waals surface area contributed by atoms with Crippen molar-refractivity contribution in [1.82, 2.24) is 20.5 Å². The zero-order valence-electron chi connectivity index (χ0n) is 27.1. The second kappa shape index (κ2) is 16.9. The highest BCUT2D eigenvalue weighted by atomic mass is 32.1. The Balaban J connectivity index is 2.30. The Labute approximate surface area is 259 Å². The number of carbonyl (C=O) groups is 4. The Morgan fingerprint density at radius 3 is 2.44 bits per heavy atom. The number of hydrogen-bond acceptors (Lipinski definition) is 12. The SMILES string of the molecule is CCC(C)C(NC(=O)C1CCCCN1C)C(=O)OC(CC(NCC(=O)OC(C)(C)C)C(C)C)c1nc(OC(=O)OC)cs1. The molecule has 1 amide bonds. The number of likely N-dealkylation sites (tertiary alicyclic amines) is 1. The summed E-state index contributed by atoms with van der Waals surface area (Å²) in [5.74, 6) is -1.30. The van der Waals surface area contributed by atoms with E-state index in [1.165, 1.54) is 23.8 Å². The Morgan fingerprint density at radius 1 is 1.16 bits per heavy atom. The van der Waals surface area contributed by atoms with Crippen LogP contribution in [-0.4, -0.2) is 84.9 Å². The molecule has 1 aromatic heterocycles. The molecule has 43 heavy (non-hydrogen) atoms. The first-order valence-corrected chi connectivity index (χ1v) is 15.9. The van der Waals surface area contributed by atoms with Crippen molar-refractivity contribution >= 4 is 35.3 Å². The third-order valence-corrected chi connectivity index (χ3v) is 8.34. The van der Waals surface area contributed by atoms with Crippen LogP contribution in [0.1, 0.15) is 91.7 Å². The van der Waals surface area contributed by atoms with E-state index in [-0.39, 0.29) is 48.7 Å². The quantitative estimate of drug-likeness (QED) is 0.226. The summed E-state index contributed by atoms with van der Waals surface area (Å²) in [6.45, 7) is 14.0. The smallest absolute Gasteiger partial charge is 0.459 e. The number of nitrogens with zero attached hydrogens (tertiary/aromatic N) is 2. The first-order valence-electron chi connectivity index (χ1n) is 15.0. The van der Waals surface area contributed by atoms with Crippen molar-refractivity contribution in [3.63, 3.8) is 0 Å². The lowest BCUT2D eigenvalue weighted by Gasteiger charge is -2.33. The van der Waals surface area contributed by atoms with Gasteiger partial charge < -0.3 is 29.6 Å².